The van der Waals surface area contributed by atoms with Gasteiger partial charge in [-0.1, -0.05) is 0 Å². The van der Waals surface area contributed by atoms with E-state index in [1.807, 2.05) is 5.32 Å². The van der Waals surface area contributed by atoms with Gasteiger partial charge in [0.15, 0.2) is 0 Å². The molecule has 174 valence electrons. The highest BCUT2D eigenvalue weighted by atomic mass is 16.4. The third-order valence-corrected chi connectivity index (χ3v) is 3.72. The first-order valence-corrected chi connectivity index (χ1v) is 8.97. The van der Waals surface area contributed by atoms with Gasteiger partial charge in [0, 0.05) is 0 Å². The minimum atomic E-state index is -1.56. The van der Waals surface area contributed by atoms with Crippen molar-refractivity contribution in [2.45, 2.75) is 50.9 Å². The predicted molar refractivity (Wildman–Crippen MR) is 103 cm³/mol. The predicted octanol–water partition coefficient (Wildman–Crippen LogP) is -5.24. The molecule has 4 atom stereocenters. The van der Waals surface area contributed by atoms with Crippen LogP contribution < -0.4 is 38.5 Å². The van der Waals surface area contributed by atoms with Gasteiger partial charge < -0.3 is 43.6 Å². The molecule has 0 bridgehead atoms. The molecule has 0 fully saturated rings. The molecule has 0 aromatic heterocycles. The Bertz CT molecular complexity index is 741. The molecule has 0 spiro atoms. The molecule has 0 aliphatic heterocycles. The summed E-state index contributed by atoms with van der Waals surface area (Å²) in [5.74, 6) is -6.44. The molecular formula is C16H27N7O8. The molecule has 0 radical (unpaired) electrons. The molecule has 0 aliphatic rings. The highest BCUT2D eigenvalue weighted by Gasteiger charge is 2.26. The summed E-state index contributed by atoms with van der Waals surface area (Å²) in [6.45, 7) is 2.00. The van der Waals surface area contributed by atoms with Crippen LogP contribution in [0.3, 0.4) is 0 Å². The number of carbonyl (C=O) groups is 7. The second kappa shape index (κ2) is 12.7. The van der Waals surface area contributed by atoms with Crippen molar-refractivity contribution in [2.24, 2.45) is 17.2 Å². The number of carbonyl (C=O) groups excluding carboxylic acids is 6. The number of amides is 6. The maximum absolute atomic E-state index is 12.0. The molecule has 11 N–H and O–H groups in total. The average Bonchev–Trinajstić information content (AvgIpc) is 2.64. The van der Waals surface area contributed by atoms with Crippen molar-refractivity contribution in [1.29, 1.82) is 0 Å². The van der Waals surface area contributed by atoms with Crippen LogP contribution in [0.5, 0.6) is 0 Å². The first kappa shape index (κ1) is 27.2. The molecule has 0 unspecified atom stereocenters. The van der Waals surface area contributed by atoms with E-state index in [1.165, 1.54) is 13.8 Å². The number of nitrogens with two attached hydrogens (primary N) is 3. The van der Waals surface area contributed by atoms with E-state index in [4.69, 9.17) is 22.3 Å². The zero-order valence-corrected chi connectivity index (χ0v) is 17.0. The molecule has 6 amide bonds. The maximum Gasteiger partial charge on any atom is 0.326 e. The van der Waals surface area contributed by atoms with E-state index >= 15 is 0 Å². The number of primary amides is 2. The molecule has 0 aromatic carbocycles. The molecule has 15 heteroatoms. The van der Waals surface area contributed by atoms with E-state index in [1.54, 1.807) is 0 Å². The van der Waals surface area contributed by atoms with Crippen LogP contribution in [0.15, 0.2) is 0 Å². The van der Waals surface area contributed by atoms with Crippen molar-refractivity contribution < 1.29 is 38.7 Å². The van der Waals surface area contributed by atoms with Gasteiger partial charge in [0.25, 0.3) is 0 Å². The zero-order chi connectivity index (χ0) is 24.3. The summed E-state index contributed by atoms with van der Waals surface area (Å²) >= 11 is 0. The summed E-state index contributed by atoms with van der Waals surface area (Å²) in [6.07, 6.45) is -1.05. The SMILES string of the molecule is C[C@H](NC(=O)CNC(=O)[C@H](C)NC(=O)[C@@H](N)CC(N)=O)C(=O)N[C@@H](CC(N)=O)C(=O)O. The lowest BCUT2D eigenvalue weighted by Gasteiger charge is -2.19. The van der Waals surface area contributed by atoms with Crippen molar-refractivity contribution in [1.82, 2.24) is 21.3 Å². The third kappa shape index (κ3) is 11.1. The minimum absolute atomic E-state index is 0.412. The smallest absolute Gasteiger partial charge is 0.326 e. The van der Waals surface area contributed by atoms with Crippen molar-refractivity contribution in [3.05, 3.63) is 0 Å². The van der Waals surface area contributed by atoms with Crippen LogP contribution in [-0.4, -0.2) is 77.2 Å². The van der Waals surface area contributed by atoms with Crippen molar-refractivity contribution in [3.63, 3.8) is 0 Å². The summed E-state index contributed by atoms with van der Waals surface area (Å²) in [6, 6.07) is -5.08. The Morgan fingerprint density at radius 3 is 1.77 bits per heavy atom. The zero-order valence-electron chi connectivity index (χ0n) is 17.0. The van der Waals surface area contributed by atoms with E-state index in [9.17, 15) is 33.6 Å². The average molecular weight is 445 g/mol. The van der Waals surface area contributed by atoms with Gasteiger partial charge in [-0.15, -0.1) is 0 Å². The Morgan fingerprint density at radius 1 is 0.774 bits per heavy atom. The van der Waals surface area contributed by atoms with Crippen LogP contribution in [0, 0.1) is 0 Å². The van der Waals surface area contributed by atoms with E-state index in [-0.39, 0.29) is 0 Å². The second-order valence-corrected chi connectivity index (χ2v) is 6.58. The molecule has 0 saturated heterocycles. The number of aliphatic carboxylic acids is 1. The van der Waals surface area contributed by atoms with Crippen LogP contribution in [0.2, 0.25) is 0 Å². The quantitative estimate of drug-likeness (QED) is 0.134. The van der Waals surface area contributed by atoms with Gasteiger partial charge in [-0.2, -0.15) is 0 Å². The second-order valence-electron chi connectivity index (χ2n) is 6.58. The van der Waals surface area contributed by atoms with Crippen LogP contribution in [-0.2, 0) is 33.6 Å². The normalized spacial score (nSPS) is 14.2. The van der Waals surface area contributed by atoms with E-state index in [0.717, 1.165) is 0 Å². The summed E-state index contributed by atoms with van der Waals surface area (Å²) in [5.41, 5.74) is 15.3. The fourth-order valence-corrected chi connectivity index (χ4v) is 2.07. The topological polar surface area (TPSA) is 266 Å². The number of carboxylic acids is 1. The molecule has 0 aromatic rings. The van der Waals surface area contributed by atoms with Gasteiger partial charge in [0.1, 0.15) is 18.1 Å². The lowest BCUT2D eigenvalue weighted by atomic mass is 10.2. The molecule has 0 heterocycles. The minimum Gasteiger partial charge on any atom is -0.480 e. The number of carboxylic acid groups (broad SMARTS) is 1. The molecule has 0 aliphatic carbocycles. The monoisotopic (exact) mass is 445 g/mol. The van der Waals surface area contributed by atoms with Crippen molar-refractivity contribution >= 4 is 41.4 Å². The third-order valence-electron chi connectivity index (χ3n) is 3.72. The number of hydrogen-bond acceptors (Lipinski definition) is 8. The highest BCUT2D eigenvalue weighted by molar-refractivity contribution is 5.95. The summed E-state index contributed by atoms with van der Waals surface area (Å²) in [4.78, 5) is 80.1. The fraction of sp³-hybridized carbons (Fsp3) is 0.562. The first-order valence-electron chi connectivity index (χ1n) is 8.97. The standard InChI is InChI=1S/C16H27N7O8/c1-6(22-15(29)8(17)3-10(18)24)13(27)20-5-12(26)21-7(2)14(28)23-9(16(30)31)4-11(19)25/h6-9H,3-5,17H2,1-2H3,(H2,18,24)(H2,19,25)(H,20,27)(H,21,26)(H,22,29)(H,23,28)(H,30,31)/t6-,7-,8-,9-/m0/s1. The Morgan fingerprint density at radius 2 is 1.29 bits per heavy atom. The number of nitrogens with one attached hydrogen (secondary N) is 4. The van der Waals surface area contributed by atoms with Crippen LogP contribution in [0.4, 0.5) is 0 Å². The van der Waals surface area contributed by atoms with Gasteiger partial charge in [0.2, 0.25) is 35.4 Å². The van der Waals surface area contributed by atoms with E-state index in [2.05, 4.69) is 16.0 Å². The number of hydrogen-bond donors (Lipinski definition) is 8. The van der Waals surface area contributed by atoms with Gasteiger partial charge in [-0.3, -0.25) is 28.8 Å². The highest BCUT2D eigenvalue weighted by Crippen LogP contribution is 1.94. The molecule has 15 nitrogen and oxygen atoms in total. The number of rotatable bonds is 13. The lowest BCUT2D eigenvalue weighted by molar-refractivity contribution is -0.143. The van der Waals surface area contributed by atoms with Crippen LogP contribution >= 0.6 is 0 Å². The molecule has 0 rings (SSSR count). The van der Waals surface area contributed by atoms with Crippen molar-refractivity contribution in [3.8, 4) is 0 Å². The molecule has 31 heavy (non-hydrogen) atoms. The van der Waals surface area contributed by atoms with Crippen LogP contribution in [0.1, 0.15) is 26.7 Å². The molecule has 0 saturated carbocycles. The van der Waals surface area contributed by atoms with Gasteiger partial charge >= 0.3 is 5.97 Å². The fourth-order valence-electron chi connectivity index (χ4n) is 2.07. The Hall–Kier alpha value is -3.75. The van der Waals surface area contributed by atoms with E-state index in [0.29, 0.717) is 0 Å². The summed E-state index contributed by atoms with van der Waals surface area (Å²) in [5, 5.41) is 17.7. The summed E-state index contributed by atoms with van der Waals surface area (Å²) < 4.78 is 0. The Kier molecular flexibility index (Phi) is 11.2. The van der Waals surface area contributed by atoms with E-state index < -0.39 is 85.0 Å². The molecular weight excluding hydrogens is 418 g/mol. The lowest BCUT2D eigenvalue weighted by Crippen LogP contribution is -2.54. The summed E-state index contributed by atoms with van der Waals surface area (Å²) in [7, 11) is 0. The first-order chi connectivity index (χ1) is 14.2. The van der Waals surface area contributed by atoms with Crippen molar-refractivity contribution in [2.75, 3.05) is 6.54 Å². The van der Waals surface area contributed by atoms with Crippen LogP contribution in [0.25, 0.3) is 0 Å². The Balaban J connectivity index is 4.53. The van der Waals surface area contributed by atoms with Gasteiger partial charge in [0.05, 0.1) is 25.4 Å². The van der Waals surface area contributed by atoms with Gasteiger partial charge in [-0.05, 0) is 13.8 Å². The maximum atomic E-state index is 12.0. The Labute approximate surface area is 176 Å². The largest absolute Gasteiger partial charge is 0.480 e. The van der Waals surface area contributed by atoms with Gasteiger partial charge in [-0.25, -0.2) is 4.79 Å².